The van der Waals surface area contributed by atoms with Gasteiger partial charge >= 0.3 is 0 Å². The first-order chi connectivity index (χ1) is 13.6. The van der Waals surface area contributed by atoms with Crippen molar-refractivity contribution in [3.05, 3.63) is 57.1 Å². The molecule has 1 heterocycles. The Bertz CT molecular complexity index is 896. The second kappa shape index (κ2) is 9.06. The number of rotatable bonds is 7. The Hall–Kier alpha value is -2.60. The van der Waals surface area contributed by atoms with Gasteiger partial charge in [-0.15, -0.1) is 0 Å². The number of carbonyl (C=O) groups excluding carboxylic acids is 1. The third kappa shape index (κ3) is 4.12. The number of halogens is 1. The summed E-state index contributed by atoms with van der Waals surface area (Å²) >= 11 is 3.54. The van der Waals surface area contributed by atoms with E-state index in [0.29, 0.717) is 18.7 Å². The maximum absolute atomic E-state index is 13.4. The summed E-state index contributed by atoms with van der Waals surface area (Å²) in [5.74, 6) is 0.198. The van der Waals surface area contributed by atoms with Gasteiger partial charge in [-0.2, -0.15) is 5.26 Å². The number of fused-ring (bicyclic) bond motifs is 1. The van der Waals surface area contributed by atoms with Crippen molar-refractivity contribution in [2.75, 3.05) is 27.8 Å². The van der Waals surface area contributed by atoms with Crippen molar-refractivity contribution in [3.63, 3.8) is 0 Å². The molecule has 0 atom stereocenters. The molecule has 0 bridgehead atoms. The molecule has 0 fully saturated rings. The van der Waals surface area contributed by atoms with Crippen LogP contribution in [0.1, 0.15) is 27.0 Å². The summed E-state index contributed by atoms with van der Waals surface area (Å²) in [6, 6.07) is 10.9. The van der Waals surface area contributed by atoms with Crippen LogP contribution in [0.15, 0.2) is 34.8 Å². The van der Waals surface area contributed by atoms with E-state index in [9.17, 15) is 10.1 Å². The second-order valence-corrected chi connectivity index (χ2v) is 6.95. The molecule has 0 aromatic heterocycles. The molecule has 1 aliphatic heterocycles. The van der Waals surface area contributed by atoms with E-state index < -0.39 is 0 Å². The predicted molar refractivity (Wildman–Crippen MR) is 104 cm³/mol. The topological polar surface area (TPSA) is 81.0 Å². The van der Waals surface area contributed by atoms with E-state index in [1.165, 1.54) is 26.4 Å². The van der Waals surface area contributed by atoms with Gasteiger partial charge < -0.3 is 23.8 Å². The van der Waals surface area contributed by atoms with Crippen molar-refractivity contribution >= 4 is 21.8 Å². The molecule has 7 nitrogen and oxygen atoms in total. The van der Waals surface area contributed by atoms with Crippen LogP contribution in [-0.2, 0) is 22.6 Å². The lowest BCUT2D eigenvalue weighted by Gasteiger charge is -2.21. The molecule has 2 aromatic rings. The Morgan fingerprint density at radius 2 is 1.79 bits per heavy atom. The van der Waals surface area contributed by atoms with E-state index in [2.05, 4.69) is 15.9 Å². The first-order valence-corrected chi connectivity index (χ1v) is 9.25. The minimum absolute atomic E-state index is 0.0648. The molecule has 0 spiro atoms. The van der Waals surface area contributed by atoms with Crippen LogP contribution < -0.4 is 9.47 Å². The van der Waals surface area contributed by atoms with E-state index in [-0.39, 0.29) is 36.6 Å². The zero-order valence-electron chi connectivity index (χ0n) is 15.5. The van der Waals surface area contributed by atoms with Gasteiger partial charge in [-0.1, -0.05) is 28.1 Å². The summed E-state index contributed by atoms with van der Waals surface area (Å²) in [4.78, 5) is 15.1. The Labute approximate surface area is 171 Å². The van der Waals surface area contributed by atoms with E-state index in [4.69, 9.17) is 18.9 Å². The molecule has 8 heteroatoms. The molecular weight excluding hydrogens is 428 g/mol. The number of hydrogen-bond donors (Lipinski definition) is 0. The molecule has 1 aliphatic rings. The molecule has 0 N–H and O–H groups in total. The van der Waals surface area contributed by atoms with Gasteiger partial charge in [0.1, 0.15) is 17.1 Å². The number of ether oxygens (including phenoxy) is 4. The van der Waals surface area contributed by atoms with E-state index in [1.807, 2.05) is 24.3 Å². The molecule has 0 unspecified atom stereocenters. The van der Waals surface area contributed by atoms with Gasteiger partial charge in [0, 0.05) is 31.8 Å². The Morgan fingerprint density at radius 3 is 2.32 bits per heavy atom. The molecule has 3 rings (SSSR count). The van der Waals surface area contributed by atoms with Crippen molar-refractivity contribution in [1.29, 1.82) is 5.26 Å². The van der Waals surface area contributed by atoms with Gasteiger partial charge in [0.25, 0.3) is 5.91 Å². The van der Waals surface area contributed by atoms with Crippen LogP contribution in [-0.4, -0.2) is 38.6 Å². The predicted octanol–water partition coefficient (Wildman–Crippen LogP) is 3.44. The SMILES string of the molecule is COCOc1cc(C#N)cc(OCOC)c1C(=O)N1Cc2cccc(Br)c2C1. The fourth-order valence-corrected chi connectivity index (χ4v) is 3.55. The van der Waals surface area contributed by atoms with Crippen LogP contribution in [0.25, 0.3) is 0 Å². The Morgan fingerprint density at radius 1 is 1.14 bits per heavy atom. The standard InChI is InChI=1S/C20H19BrN2O5/c1-25-11-27-17-6-13(8-22)7-18(28-12-26-2)19(17)20(24)23-9-14-4-3-5-16(21)15(14)10-23/h3-7H,9-12H2,1-2H3. The largest absolute Gasteiger partial charge is 0.467 e. The molecule has 0 aliphatic carbocycles. The second-order valence-electron chi connectivity index (χ2n) is 6.10. The van der Waals surface area contributed by atoms with E-state index in [0.717, 1.165) is 15.6 Å². The van der Waals surface area contributed by atoms with Gasteiger partial charge in [-0.25, -0.2) is 0 Å². The average molecular weight is 447 g/mol. The van der Waals surface area contributed by atoms with Crippen molar-refractivity contribution in [2.24, 2.45) is 0 Å². The number of nitriles is 1. The zero-order valence-corrected chi connectivity index (χ0v) is 17.1. The maximum atomic E-state index is 13.4. The third-order valence-electron chi connectivity index (χ3n) is 4.29. The molecule has 28 heavy (non-hydrogen) atoms. The van der Waals surface area contributed by atoms with Gasteiger partial charge in [-0.05, 0) is 29.3 Å². The number of methoxy groups -OCH3 is 2. The minimum atomic E-state index is -0.259. The van der Waals surface area contributed by atoms with Crippen molar-refractivity contribution in [3.8, 4) is 17.6 Å². The highest BCUT2D eigenvalue weighted by molar-refractivity contribution is 9.10. The minimum Gasteiger partial charge on any atom is -0.467 e. The quantitative estimate of drug-likeness (QED) is 0.605. The van der Waals surface area contributed by atoms with Gasteiger partial charge in [0.15, 0.2) is 13.6 Å². The highest BCUT2D eigenvalue weighted by Crippen LogP contribution is 2.36. The highest BCUT2D eigenvalue weighted by atomic mass is 79.9. The summed E-state index contributed by atoms with van der Waals surface area (Å²) in [7, 11) is 2.96. The lowest BCUT2D eigenvalue weighted by molar-refractivity contribution is 0.0426. The van der Waals surface area contributed by atoms with Crippen LogP contribution in [0, 0.1) is 11.3 Å². The summed E-state index contributed by atoms with van der Waals surface area (Å²) < 4.78 is 22.1. The molecule has 146 valence electrons. The number of nitrogens with zero attached hydrogens (tertiary/aromatic N) is 2. The average Bonchev–Trinajstić information content (AvgIpc) is 3.15. The van der Waals surface area contributed by atoms with Gasteiger partial charge in [0.2, 0.25) is 0 Å². The normalized spacial score (nSPS) is 12.4. The van der Waals surface area contributed by atoms with Crippen LogP contribution in [0.5, 0.6) is 11.5 Å². The molecule has 0 radical (unpaired) electrons. The van der Waals surface area contributed by atoms with Crippen molar-refractivity contribution < 1.29 is 23.7 Å². The molecule has 0 saturated heterocycles. The number of amides is 1. The van der Waals surface area contributed by atoms with Gasteiger partial charge in [0.05, 0.1) is 11.6 Å². The zero-order chi connectivity index (χ0) is 20.1. The molecule has 1 amide bonds. The maximum Gasteiger partial charge on any atom is 0.262 e. The van der Waals surface area contributed by atoms with Crippen molar-refractivity contribution in [1.82, 2.24) is 4.90 Å². The summed E-state index contributed by atoms with van der Waals surface area (Å²) in [5, 5.41) is 9.30. The lowest BCUT2D eigenvalue weighted by Crippen LogP contribution is -2.27. The fourth-order valence-electron chi connectivity index (χ4n) is 3.02. The van der Waals surface area contributed by atoms with Gasteiger partial charge in [-0.3, -0.25) is 4.79 Å². The van der Waals surface area contributed by atoms with E-state index in [1.54, 1.807) is 4.90 Å². The van der Waals surface area contributed by atoms with Crippen LogP contribution >= 0.6 is 15.9 Å². The molecule has 2 aromatic carbocycles. The fraction of sp³-hybridized carbons (Fsp3) is 0.300. The summed E-state index contributed by atoms with van der Waals surface area (Å²) in [5.41, 5.74) is 2.69. The number of benzene rings is 2. The van der Waals surface area contributed by atoms with E-state index >= 15 is 0 Å². The van der Waals surface area contributed by atoms with Crippen LogP contribution in [0.2, 0.25) is 0 Å². The summed E-state index contributed by atoms with van der Waals surface area (Å²) in [6.45, 7) is 0.805. The Kier molecular flexibility index (Phi) is 6.52. The summed E-state index contributed by atoms with van der Waals surface area (Å²) in [6.07, 6.45) is 0. The number of carbonyl (C=O) groups is 1. The highest BCUT2D eigenvalue weighted by Gasteiger charge is 2.30. The third-order valence-corrected chi connectivity index (χ3v) is 5.03. The molecule has 0 saturated carbocycles. The first-order valence-electron chi connectivity index (χ1n) is 8.46. The Balaban J connectivity index is 1.99. The monoisotopic (exact) mass is 446 g/mol. The number of hydrogen-bond acceptors (Lipinski definition) is 6. The first kappa shape index (κ1) is 20.1. The smallest absolute Gasteiger partial charge is 0.262 e. The lowest BCUT2D eigenvalue weighted by atomic mass is 10.1. The molecular formula is C20H19BrN2O5. The van der Waals surface area contributed by atoms with Crippen LogP contribution in [0.4, 0.5) is 0 Å². The van der Waals surface area contributed by atoms with Crippen molar-refractivity contribution in [2.45, 2.75) is 13.1 Å². The van der Waals surface area contributed by atoms with Crippen LogP contribution in [0.3, 0.4) is 0 Å².